The summed E-state index contributed by atoms with van der Waals surface area (Å²) in [5.74, 6) is 1.69. The lowest BCUT2D eigenvalue weighted by atomic mass is 10.1. The summed E-state index contributed by atoms with van der Waals surface area (Å²) < 4.78 is 13.5. The molecule has 0 unspecified atom stereocenters. The smallest absolute Gasteiger partial charge is 0.167 e. The van der Waals surface area contributed by atoms with E-state index < -0.39 is 0 Å². The number of nitrogens with zero attached hydrogens (tertiary/aromatic N) is 7. The van der Waals surface area contributed by atoms with Crippen LogP contribution < -0.4 is 14.5 Å². The first-order chi connectivity index (χ1) is 18.7. The standard InChI is InChI=1S/C28H33N7O3/c1-37-23-9-7-21(8-10-23)15-32-16-24(18-36)38-25(17-32)35-20-31-26-27(29-19-30-28(26)35)34-13-11-33(12-14-34)22-5-3-2-4-6-22/h2-10,19-20,24-25,36H,11-18H2,1H3/t24-,25+/m0/s1. The largest absolute Gasteiger partial charge is 0.497 e. The van der Waals surface area contributed by atoms with E-state index in [2.05, 4.69) is 61.1 Å². The van der Waals surface area contributed by atoms with E-state index in [1.165, 1.54) is 11.3 Å². The van der Waals surface area contributed by atoms with Gasteiger partial charge in [-0.15, -0.1) is 0 Å². The number of benzene rings is 2. The first-order valence-electron chi connectivity index (χ1n) is 13.1. The van der Waals surface area contributed by atoms with Crippen LogP contribution in [0.5, 0.6) is 5.75 Å². The van der Waals surface area contributed by atoms with Gasteiger partial charge in [0.1, 0.15) is 18.3 Å². The minimum Gasteiger partial charge on any atom is -0.497 e. The first-order valence-corrected chi connectivity index (χ1v) is 13.1. The van der Waals surface area contributed by atoms with Gasteiger partial charge in [-0.1, -0.05) is 30.3 Å². The highest BCUT2D eigenvalue weighted by Gasteiger charge is 2.31. The zero-order chi connectivity index (χ0) is 25.9. The second kappa shape index (κ2) is 10.9. The Bertz CT molecular complexity index is 1340. The molecule has 2 saturated heterocycles. The molecule has 198 valence electrons. The predicted molar refractivity (Wildman–Crippen MR) is 145 cm³/mol. The van der Waals surface area contributed by atoms with Crippen LogP contribution in [0.2, 0.25) is 0 Å². The average molecular weight is 516 g/mol. The van der Waals surface area contributed by atoms with Gasteiger partial charge >= 0.3 is 0 Å². The van der Waals surface area contributed by atoms with Gasteiger partial charge in [-0.25, -0.2) is 15.0 Å². The fourth-order valence-corrected chi connectivity index (χ4v) is 5.36. The van der Waals surface area contributed by atoms with E-state index in [0.29, 0.717) is 13.1 Å². The molecule has 0 amide bonds. The number of aliphatic hydroxyl groups is 1. The molecule has 6 rings (SSSR count). The number of hydrogen-bond donors (Lipinski definition) is 1. The van der Waals surface area contributed by atoms with Crippen molar-refractivity contribution in [3.8, 4) is 5.75 Å². The Morgan fingerprint density at radius 2 is 1.68 bits per heavy atom. The zero-order valence-corrected chi connectivity index (χ0v) is 21.6. The number of hydrogen-bond acceptors (Lipinski definition) is 9. The van der Waals surface area contributed by atoms with Gasteiger partial charge in [0.15, 0.2) is 17.0 Å². The quantitative estimate of drug-likeness (QED) is 0.399. The summed E-state index contributed by atoms with van der Waals surface area (Å²) in [5, 5.41) is 9.96. The summed E-state index contributed by atoms with van der Waals surface area (Å²) in [6.07, 6.45) is 2.79. The lowest BCUT2D eigenvalue weighted by Gasteiger charge is -2.38. The van der Waals surface area contributed by atoms with Crippen molar-refractivity contribution in [1.29, 1.82) is 0 Å². The zero-order valence-electron chi connectivity index (χ0n) is 21.6. The van der Waals surface area contributed by atoms with Crippen molar-refractivity contribution in [2.24, 2.45) is 0 Å². The van der Waals surface area contributed by atoms with Crippen molar-refractivity contribution in [3.63, 3.8) is 0 Å². The van der Waals surface area contributed by atoms with E-state index in [4.69, 9.17) is 14.5 Å². The number of imidazole rings is 1. The summed E-state index contributed by atoms with van der Waals surface area (Å²) in [5.41, 5.74) is 3.94. The molecule has 2 atom stereocenters. The van der Waals surface area contributed by atoms with Crippen molar-refractivity contribution in [1.82, 2.24) is 24.4 Å². The van der Waals surface area contributed by atoms with Gasteiger partial charge in [0.2, 0.25) is 0 Å². The Balaban J connectivity index is 1.19. The van der Waals surface area contributed by atoms with E-state index in [9.17, 15) is 5.11 Å². The Kier molecular flexibility index (Phi) is 7.08. The Morgan fingerprint density at radius 3 is 2.42 bits per heavy atom. The number of fused-ring (bicyclic) bond motifs is 1. The third-order valence-corrected chi connectivity index (χ3v) is 7.34. The molecule has 2 aliphatic rings. The molecule has 1 N–H and O–H groups in total. The van der Waals surface area contributed by atoms with E-state index in [1.807, 2.05) is 22.8 Å². The van der Waals surface area contributed by atoms with Crippen molar-refractivity contribution in [2.75, 3.05) is 62.8 Å². The topological polar surface area (TPSA) is 92.0 Å². The van der Waals surface area contributed by atoms with Crippen LogP contribution in [0, 0.1) is 0 Å². The molecule has 2 aromatic carbocycles. The van der Waals surface area contributed by atoms with E-state index in [1.54, 1.807) is 19.8 Å². The molecule has 4 heterocycles. The molecule has 0 aliphatic carbocycles. The van der Waals surface area contributed by atoms with Crippen LogP contribution in [-0.2, 0) is 11.3 Å². The fraction of sp³-hybridized carbons (Fsp3) is 0.393. The molecular formula is C28H33N7O3. The maximum atomic E-state index is 9.96. The molecule has 2 fully saturated rings. The molecule has 0 bridgehead atoms. The van der Waals surface area contributed by atoms with Crippen LogP contribution in [0.25, 0.3) is 11.2 Å². The van der Waals surface area contributed by atoms with Gasteiger partial charge in [-0.05, 0) is 29.8 Å². The summed E-state index contributed by atoms with van der Waals surface area (Å²) >= 11 is 0. The van der Waals surface area contributed by atoms with Gasteiger partial charge in [-0.2, -0.15) is 0 Å². The summed E-state index contributed by atoms with van der Waals surface area (Å²) in [4.78, 5) is 20.9. The van der Waals surface area contributed by atoms with Gasteiger partial charge in [-0.3, -0.25) is 9.47 Å². The lowest BCUT2D eigenvalue weighted by molar-refractivity contribution is -0.135. The predicted octanol–water partition coefficient (Wildman–Crippen LogP) is 2.55. The molecule has 2 aromatic heterocycles. The second-order valence-corrected chi connectivity index (χ2v) is 9.77. The van der Waals surface area contributed by atoms with Crippen molar-refractivity contribution < 1.29 is 14.6 Å². The number of piperazine rings is 1. The molecule has 10 heteroatoms. The number of anilines is 2. The summed E-state index contributed by atoms with van der Waals surface area (Å²) in [6, 6.07) is 18.6. The molecule has 0 saturated carbocycles. The van der Waals surface area contributed by atoms with Crippen molar-refractivity contribution in [3.05, 3.63) is 72.8 Å². The minimum atomic E-state index is -0.318. The molecule has 2 aliphatic heterocycles. The summed E-state index contributed by atoms with van der Waals surface area (Å²) in [7, 11) is 1.67. The normalized spacial score (nSPS) is 20.7. The number of aliphatic hydroxyl groups excluding tert-OH is 1. The maximum absolute atomic E-state index is 9.96. The highest BCUT2D eigenvalue weighted by atomic mass is 16.5. The van der Waals surface area contributed by atoms with Gasteiger partial charge in [0, 0.05) is 51.5 Å². The number of ether oxygens (including phenoxy) is 2. The molecule has 0 spiro atoms. The van der Waals surface area contributed by atoms with Crippen LogP contribution in [0.15, 0.2) is 67.3 Å². The van der Waals surface area contributed by atoms with E-state index in [-0.39, 0.29) is 18.9 Å². The number of para-hydroxylation sites is 1. The van der Waals surface area contributed by atoms with E-state index in [0.717, 1.165) is 55.5 Å². The number of rotatable bonds is 7. The molecule has 38 heavy (non-hydrogen) atoms. The van der Waals surface area contributed by atoms with Crippen LogP contribution in [-0.4, -0.2) is 88.6 Å². The Labute approximate surface area is 222 Å². The highest BCUT2D eigenvalue weighted by molar-refractivity contribution is 5.83. The van der Waals surface area contributed by atoms with Crippen molar-refractivity contribution in [2.45, 2.75) is 18.9 Å². The van der Waals surface area contributed by atoms with Gasteiger partial charge in [0.25, 0.3) is 0 Å². The first kappa shape index (κ1) is 24.6. The molecule has 4 aromatic rings. The monoisotopic (exact) mass is 515 g/mol. The Hall–Kier alpha value is -3.73. The molecular weight excluding hydrogens is 482 g/mol. The van der Waals surface area contributed by atoms with Crippen LogP contribution in [0.1, 0.15) is 11.8 Å². The second-order valence-electron chi connectivity index (χ2n) is 9.77. The van der Waals surface area contributed by atoms with Crippen LogP contribution >= 0.6 is 0 Å². The minimum absolute atomic E-state index is 0.0475. The van der Waals surface area contributed by atoms with Crippen LogP contribution in [0.4, 0.5) is 11.5 Å². The maximum Gasteiger partial charge on any atom is 0.167 e. The van der Waals surface area contributed by atoms with Crippen molar-refractivity contribution >= 4 is 22.7 Å². The van der Waals surface area contributed by atoms with Gasteiger partial charge < -0.3 is 24.4 Å². The third-order valence-electron chi connectivity index (χ3n) is 7.34. The average Bonchev–Trinajstić information content (AvgIpc) is 3.42. The number of morpholine rings is 1. The number of aromatic nitrogens is 4. The third kappa shape index (κ3) is 5.02. The highest BCUT2D eigenvalue weighted by Crippen LogP contribution is 2.29. The lowest BCUT2D eigenvalue weighted by Crippen LogP contribution is -2.47. The SMILES string of the molecule is COc1ccc(CN2C[C@@H](CO)O[C@@H](n3cnc4c(N5CCN(c6ccccc6)CC5)ncnc43)C2)cc1. The molecule has 10 nitrogen and oxygen atoms in total. The summed E-state index contributed by atoms with van der Waals surface area (Å²) in [6.45, 7) is 5.56. The molecule has 0 radical (unpaired) electrons. The van der Waals surface area contributed by atoms with Gasteiger partial charge in [0.05, 0.1) is 26.1 Å². The fourth-order valence-electron chi connectivity index (χ4n) is 5.36. The number of methoxy groups -OCH3 is 1. The van der Waals surface area contributed by atoms with Crippen LogP contribution in [0.3, 0.4) is 0 Å². The van der Waals surface area contributed by atoms with E-state index >= 15 is 0 Å². The Morgan fingerprint density at radius 1 is 0.921 bits per heavy atom.